The van der Waals surface area contributed by atoms with Crippen molar-refractivity contribution in [3.8, 4) is 11.8 Å². The van der Waals surface area contributed by atoms with Crippen LogP contribution in [0.5, 0.6) is 5.75 Å². The summed E-state index contributed by atoms with van der Waals surface area (Å²) < 4.78 is 5.30. The Morgan fingerprint density at radius 2 is 2.07 bits per heavy atom. The second-order valence-electron chi connectivity index (χ2n) is 2.85. The molecule has 1 N–H and O–H groups in total. The van der Waals surface area contributed by atoms with Crippen molar-refractivity contribution in [1.82, 2.24) is 5.32 Å². The van der Waals surface area contributed by atoms with E-state index in [1.54, 1.807) is 7.05 Å². The zero-order valence-corrected chi connectivity index (χ0v) is 8.45. The molecule has 0 aliphatic heterocycles. The maximum Gasteiger partial charge on any atom is 0.121 e. The molecular formula is C11H14N2O. The quantitative estimate of drug-likeness (QED) is 0.788. The minimum absolute atomic E-state index is 0.245. The highest BCUT2D eigenvalue weighted by Gasteiger charge is 2.06. The highest BCUT2D eigenvalue weighted by atomic mass is 16.5. The topological polar surface area (TPSA) is 45.0 Å². The monoisotopic (exact) mass is 190 g/mol. The fraction of sp³-hybridized carbons (Fsp3) is 0.364. The van der Waals surface area contributed by atoms with Crippen molar-refractivity contribution in [2.45, 2.75) is 13.0 Å². The number of rotatable bonds is 4. The molecule has 1 unspecified atom stereocenters. The van der Waals surface area contributed by atoms with Crippen LogP contribution in [0.3, 0.4) is 0 Å². The van der Waals surface area contributed by atoms with Gasteiger partial charge in [0.1, 0.15) is 11.8 Å². The van der Waals surface area contributed by atoms with Crippen LogP contribution in [0, 0.1) is 11.3 Å². The minimum atomic E-state index is -0.245. The molecule has 3 nitrogen and oxygen atoms in total. The molecule has 0 spiro atoms. The molecular weight excluding hydrogens is 176 g/mol. The van der Waals surface area contributed by atoms with Gasteiger partial charge in [-0.05, 0) is 31.7 Å². The predicted molar refractivity (Wildman–Crippen MR) is 55.0 cm³/mol. The Hall–Kier alpha value is -1.53. The lowest BCUT2D eigenvalue weighted by molar-refractivity contribution is 0.340. The van der Waals surface area contributed by atoms with Crippen LogP contribution in [0.4, 0.5) is 0 Å². The highest BCUT2D eigenvalue weighted by Crippen LogP contribution is 2.16. The molecule has 0 aliphatic rings. The number of nitriles is 1. The number of ether oxygens (including phenoxy) is 1. The SMILES string of the molecule is CCOc1ccc(C(C#N)NC)cc1. The van der Waals surface area contributed by atoms with Gasteiger partial charge in [-0.2, -0.15) is 5.26 Å². The molecule has 0 saturated heterocycles. The van der Waals surface area contributed by atoms with Gasteiger partial charge in [0.15, 0.2) is 0 Å². The molecule has 3 heteroatoms. The fourth-order valence-electron chi connectivity index (χ4n) is 1.23. The van der Waals surface area contributed by atoms with Crippen molar-refractivity contribution in [1.29, 1.82) is 5.26 Å². The summed E-state index contributed by atoms with van der Waals surface area (Å²) >= 11 is 0. The Labute approximate surface area is 84.3 Å². The Kier molecular flexibility index (Phi) is 3.96. The summed E-state index contributed by atoms with van der Waals surface area (Å²) in [6.45, 7) is 2.60. The van der Waals surface area contributed by atoms with Crippen LogP contribution in [0.25, 0.3) is 0 Å². The third-order valence-electron chi connectivity index (χ3n) is 1.94. The molecule has 1 aromatic rings. The van der Waals surface area contributed by atoms with Gasteiger partial charge in [0.2, 0.25) is 0 Å². The lowest BCUT2D eigenvalue weighted by Crippen LogP contribution is -2.13. The Morgan fingerprint density at radius 1 is 1.43 bits per heavy atom. The molecule has 0 amide bonds. The van der Waals surface area contributed by atoms with Crippen molar-refractivity contribution >= 4 is 0 Å². The summed E-state index contributed by atoms with van der Waals surface area (Å²) in [6.07, 6.45) is 0. The van der Waals surface area contributed by atoms with E-state index in [2.05, 4.69) is 11.4 Å². The van der Waals surface area contributed by atoms with Crippen LogP contribution in [0.2, 0.25) is 0 Å². The van der Waals surface area contributed by atoms with Crippen molar-refractivity contribution in [3.05, 3.63) is 29.8 Å². The van der Waals surface area contributed by atoms with Gasteiger partial charge in [0.25, 0.3) is 0 Å². The first-order valence-corrected chi connectivity index (χ1v) is 4.61. The van der Waals surface area contributed by atoms with E-state index in [4.69, 9.17) is 10.00 Å². The van der Waals surface area contributed by atoms with Gasteiger partial charge in [0.05, 0.1) is 12.7 Å². The second-order valence-corrected chi connectivity index (χ2v) is 2.85. The van der Waals surface area contributed by atoms with Gasteiger partial charge in [-0.25, -0.2) is 0 Å². The molecule has 0 aromatic heterocycles. The lowest BCUT2D eigenvalue weighted by Gasteiger charge is -2.08. The van der Waals surface area contributed by atoms with Gasteiger partial charge in [0, 0.05) is 0 Å². The Balaban J connectivity index is 2.77. The lowest BCUT2D eigenvalue weighted by atomic mass is 10.1. The number of hydrogen-bond donors (Lipinski definition) is 1. The van der Waals surface area contributed by atoms with Gasteiger partial charge in [-0.15, -0.1) is 0 Å². The van der Waals surface area contributed by atoms with E-state index in [0.717, 1.165) is 11.3 Å². The molecule has 1 rings (SSSR count). The first-order valence-electron chi connectivity index (χ1n) is 4.61. The molecule has 0 saturated carbocycles. The molecule has 0 fully saturated rings. The first-order chi connectivity index (χ1) is 6.81. The van der Waals surface area contributed by atoms with E-state index < -0.39 is 0 Å². The number of hydrogen-bond acceptors (Lipinski definition) is 3. The summed E-state index contributed by atoms with van der Waals surface area (Å²) in [4.78, 5) is 0. The van der Waals surface area contributed by atoms with Crippen molar-refractivity contribution < 1.29 is 4.74 Å². The van der Waals surface area contributed by atoms with Crippen LogP contribution in [-0.2, 0) is 0 Å². The molecule has 0 radical (unpaired) electrons. The van der Waals surface area contributed by atoms with E-state index in [1.165, 1.54) is 0 Å². The van der Waals surface area contributed by atoms with E-state index in [0.29, 0.717) is 6.61 Å². The molecule has 0 heterocycles. The zero-order chi connectivity index (χ0) is 10.4. The van der Waals surface area contributed by atoms with Gasteiger partial charge < -0.3 is 10.1 Å². The summed E-state index contributed by atoms with van der Waals surface area (Å²) in [6, 6.07) is 9.47. The minimum Gasteiger partial charge on any atom is -0.494 e. The van der Waals surface area contributed by atoms with E-state index in [-0.39, 0.29) is 6.04 Å². The number of nitrogens with one attached hydrogen (secondary N) is 1. The second kappa shape index (κ2) is 5.25. The molecule has 1 aromatic carbocycles. The van der Waals surface area contributed by atoms with Crippen LogP contribution in [0.15, 0.2) is 24.3 Å². The zero-order valence-electron chi connectivity index (χ0n) is 8.45. The standard InChI is InChI=1S/C11H14N2O/c1-3-14-10-6-4-9(5-7-10)11(8-12)13-2/h4-7,11,13H,3H2,1-2H3. The molecule has 74 valence electrons. The average molecular weight is 190 g/mol. The third kappa shape index (κ3) is 2.48. The fourth-order valence-corrected chi connectivity index (χ4v) is 1.23. The average Bonchev–Trinajstić information content (AvgIpc) is 2.23. The van der Waals surface area contributed by atoms with Crippen LogP contribution in [0.1, 0.15) is 18.5 Å². The van der Waals surface area contributed by atoms with Crippen LogP contribution in [-0.4, -0.2) is 13.7 Å². The maximum atomic E-state index is 8.81. The maximum absolute atomic E-state index is 8.81. The smallest absolute Gasteiger partial charge is 0.121 e. The summed E-state index contributed by atoms with van der Waals surface area (Å²) in [5.74, 6) is 0.837. The largest absolute Gasteiger partial charge is 0.494 e. The highest BCUT2D eigenvalue weighted by molar-refractivity contribution is 5.31. The van der Waals surface area contributed by atoms with Crippen LogP contribution < -0.4 is 10.1 Å². The van der Waals surface area contributed by atoms with Crippen molar-refractivity contribution in [2.24, 2.45) is 0 Å². The van der Waals surface area contributed by atoms with Crippen molar-refractivity contribution in [3.63, 3.8) is 0 Å². The van der Waals surface area contributed by atoms with E-state index in [9.17, 15) is 0 Å². The normalized spacial score (nSPS) is 11.8. The molecule has 14 heavy (non-hydrogen) atoms. The number of benzene rings is 1. The first kappa shape index (κ1) is 10.6. The predicted octanol–water partition coefficient (Wildman–Crippen LogP) is 1.87. The summed E-state index contributed by atoms with van der Waals surface area (Å²) in [7, 11) is 1.77. The summed E-state index contributed by atoms with van der Waals surface area (Å²) in [5, 5.41) is 11.7. The molecule has 0 aliphatic carbocycles. The van der Waals surface area contributed by atoms with Gasteiger partial charge in [-0.3, -0.25) is 0 Å². The van der Waals surface area contributed by atoms with E-state index in [1.807, 2.05) is 31.2 Å². The van der Waals surface area contributed by atoms with Gasteiger partial charge in [-0.1, -0.05) is 12.1 Å². The summed E-state index contributed by atoms with van der Waals surface area (Å²) in [5.41, 5.74) is 0.957. The number of nitrogens with zero attached hydrogens (tertiary/aromatic N) is 1. The van der Waals surface area contributed by atoms with E-state index >= 15 is 0 Å². The molecule has 0 bridgehead atoms. The Morgan fingerprint density at radius 3 is 2.50 bits per heavy atom. The molecule has 1 atom stereocenters. The van der Waals surface area contributed by atoms with Gasteiger partial charge >= 0.3 is 0 Å². The van der Waals surface area contributed by atoms with Crippen molar-refractivity contribution in [2.75, 3.05) is 13.7 Å². The Bertz CT molecular complexity index is 313. The third-order valence-corrected chi connectivity index (χ3v) is 1.94. The van der Waals surface area contributed by atoms with Crippen LogP contribution >= 0.6 is 0 Å².